The van der Waals surface area contributed by atoms with Crippen molar-refractivity contribution in [3.8, 4) is 5.69 Å². The van der Waals surface area contributed by atoms with Crippen molar-refractivity contribution in [2.45, 2.75) is 26.7 Å². The van der Waals surface area contributed by atoms with Crippen LogP contribution < -0.4 is 0 Å². The zero-order valence-electron chi connectivity index (χ0n) is 9.49. The molecular formula is C10H9F4N3O. The van der Waals surface area contributed by atoms with Crippen molar-refractivity contribution < 1.29 is 22.1 Å². The van der Waals surface area contributed by atoms with Crippen molar-refractivity contribution in [1.29, 1.82) is 0 Å². The molecule has 0 bridgehead atoms. The van der Waals surface area contributed by atoms with Crippen molar-refractivity contribution in [2.75, 3.05) is 0 Å². The number of alkyl halides is 4. The first-order valence-corrected chi connectivity index (χ1v) is 5.01. The summed E-state index contributed by atoms with van der Waals surface area (Å²) in [6.07, 6.45) is -5.83. The van der Waals surface area contributed by atoms with Gasteiger partial charge >= 0.3 is 0 Å². The van der Waals surface area contributed by atoms with E-state index in [1.54, 1.807) is 0 Å². The Morgan fingerprint density at radius 2 is 1.83 bits per heavy atom. The zero-order valence-corrected chi connectivity index (χ0v) is 9.49. The summed E-state index contributed by atoms with van der Waals surface area (Å²) in [6, 6.07) is 0.682. The topological polar surface area (TPSA) is 43.9 Å². The molecule has 0 radical (unpaired) electrons. The number of halogens is 4. The maximum atomic E-state index is 12.8. The third-order valence-electron chi connectivity index (χ3n) is 2.41. The first-order chi connectivity index (χ1) is 8.41. The summed E-state index contributed by atoms with van der Waals surface area (Å²) < 4.78 is 56.2. The maximum absolute atomic E-state index is 12.8. The third kappa shape index (κ3) is 1.98. The molecule has 0 aliphatic heterocycles. The van der Waals surface area contributed by atoms with Gasteiger partial charge in [-0.2, -0.15) is 5.10 Å². The molecule has 0 aromatic carbocycles. The van der Waals surface area contributed by atoms with Crippen LogP contribution in [0, 0.1) is 13.8 Å². The van der Waals surface area contributed by atoms with Crippen molar-refractivity contribution in [3.63, 3.8) is 0 Å². The Kier molecular flexibility index (Phi) is 3.10. The molecule has 0 aliphatic carbocycles. The van der Waals surface area contributed by atoms with Crippen LogP contribution in [-0.4, -0.2) is 14.9 Å². The minimum Gasteiger partial charge on any atom is -0.359 e. The third-order valence-corrected chi connectivity index (χ3v) is 2.41. The SMILES string of the molecule is Cc1noc(C)c1-n1nc(C(F)F)cc1C(F)F. The fraction of sp³-hybridized carbons (Fsp3) is 0.400. The van der Waals surface area contributed by atoms with Crippen molar-refractivity contribution in [2.24, 2.45) is 0 Å². The van der Waals surface area contributed by atoms with E-state index >= 15 is 0 Å². The highest BCUT2D eigenvalue weighted by Gasteiger charge is 2.25. The molecule has 0 saturated carbocycles. The van der Waals surface area contributed by atoms with Crippen LogP contribution in [0.25, 0.3) is 5.69 Å². The molecule has 2 rings (SSSR count). The molecule has 18 heavy (non-hydrogen) atoms. The molecule has 0 aliphatic rings. The van der Waals surface area contributed by atoms with Crippen molar-refractivity contribution >= 4 is 0 Å². The highest BCUT2D eigenvalue weighted by atomic mass is 19.3. The van der Waals surface area contributed by atoms with Crippen LogP contribution in [0.3, 0.4) is 0 Å². The monoisotopic (exact) mass is 263 g/mol. The summed E-state index contributed by atoms with van der Waals surface area (Å²) in [5.74, 6) is 0.235. The van der Waals surface area contributed by atoms with Crippen LogP contribution in [0.15, 0.2) is 10.6 Å². The molecule has 0 fully saturated rings. The van der Waals surface area contributed by atoms with Crippen LogP contribution in [-0.2, 0) is 0 Å². The second-order valence-corrected chi connectivity index (χ2v) is 3.68. The molecule has 4 nitrogen and oxygen atoms in total. The number of rotatable bonds is 3. The number of hydrogen-bond acceptors (Lipinski definition) is 3. The molecule has 0 saturated heterocycles. The summed E-state index contributed by atoms with van der Waals surface area (Å²) in [4.78, 5) is 0. The van der Waals surface area contributed by atoms with Gasteiger partial charge < -0.3 is 4.52 Å². The average Bonchev–Trinajstić information content (AvgIpc) is 2.83. The minimum absolute atomic E-state index is 0.164. The normalized spacial score (nSPS) is 11.8. The van der Waals surface area contributed by atoms with Crippen LogP contribution in [0.4, 0.5) is 17.6 Å². The van der Waals surface area contributed by atoms with Gasteiger partial charge in [0.2, 0.25) is 0 Å². The van der Waals surface area contributed by atoms with Crippen molar-refractivity contribution in [3.05, 3.63) is 28.9 Å². The number of aromatic nitrogens is 3. The highest BCUT2D eigenvalue weighted by Crippen LogP contribution is 2.29. The molecule has 0 atom stereocenters. The van der Waals surface area contributed by atoms with Gasteiger partial charge in [0, 0.05) is 0 Å². The molecule has 0 spiro atoms. The second-order valence-electron chi connectivity index (χ2n) is 3.68. The fourth-order valence-corrected chi connectivity index (χ4v) is 1.64. The van der Waals surface area contributed by atoms with Gasteiger partial charge in [-0.25, -0.2) is 22.2 Å². The Morgan fingerprint density at radius 1 is 1.17 bits per heavy atom. The molecule has 2 heterocycles. The van der Waals surface area contributed by atoms with Crippen LogP contribution in [0.2, 0.25) is 0 Å². The first-order valence-electron chi connectivity index (χ1n) is 5.01. The smallest absolute Gasteiger partial charge is 0.282 e. The fourth-order valence-electron chi connectivity index (χ4n) is 1.64. The van der Waals surface area contributed by atoms with Gasteiger partial charge in [-0.3, -0.25) is 0 Å². The minimum atomic E-state index is -2.92. The van der Waals surface area contributed by atoms with Gasteiger partial charge in [0.15, 0.2) is 5.76 Å². The average molecular weight is 263 g/mol. The standard InChI is InChI=1S/C10H9F4N3O/c1-4-8(5(2)18-16-4)17-7(10(13)14)3-6(15-17)9(11)12/h3,9-10H,1-2H3. The second kappa shape index (κ2) is 4.43. The van der Waals surface area contributed by atoms with E-state index in [-0.39, 0.29) is 11.4 Å². The van der Waals surface area contributed by atoms with Gasteiger partial charge in [-0.1, -0.05) is 5.16 Å². The van der Waals surface area contributed by atoms with E-state index < -0.39 is 24.2 Å². The quantitative estimate of drug-likeness (QED) is 0.797. The van der Waals surface area contributed by atoms with Gasteiger partial charge in [0.1, 0.15) is 22.8 Å². The number of nitrogens with zero attached hydrogens (tertiary/aromatic N) is 3. The number of aryl methyl sites for hydroxylation is 2. The Bertz CT molecular complexity index is 542. The molecule has 0 N–H and O–H groups in total. The van der Waals surface area contributed by atoms with E-state index in [2.05, 4.69) is 10.3 Å². The first kappa shape index (κ1) is 12.6. The van der Waals surface area contributed by atoms with Gasteiger partial charge in [0.25, 0.3) is 12.9 Å². The summed E-state index contributed by atoms with van der Waals surface area (Å²) in [5, 5.41) is 7.06. The predicted octanol–water partition coefficient (Wildman–Crippen LogP) is 3.35. The summed E-state index contributed by atoms with van der Waals surface area (Å²) in [6.45, 7) is 3.01. The molecular weight excluding hydrogens is 254 g/mol. The van der Waals surface area contributed by atoms with E-state index in [0.29, 0.717) is 11.8 Å². The molecule has 2 aromatic heterocycles. The Labute approximate surface area is 99.2 Å². The molecule has 0 amide bonds. The van der Waals surface area contributed by atoms with E-state index in [0.717, 1.165) is 4.68 Å². The van der Waals surface area contributed by atoms with Crippen molar-refractivity contribution in [1.82, 2.24) is 14.9 Å². The Hall–Kier alpha value is -1.86. The molecule has 2 aromatic rings. The molecule has 0 unspecified atom stereocenters. The van der Waals surface area contributed by atoms with Crippen LogP contribution >= 0.6 is 0 Å². The molecule has 98 valence electrons. The van der Waals surface area contributed by atoms with E-state index in [4.69, 9.17) is 4.52 Å². The maximum Gasteiger partial charge on any atom is 0.282 e. The summed E-state index contributed by atoms with van der Waals surface area (Å²) in [5.41, 5.74) is -0.847. The van der Waals surface area contributed by atoms with Gasteiger partial charge in [-0.05, 0) is 19.9 Å². The largest absolute Gasteiger partial charge is 0.359 e. The van der Waals surface area contributed by atoms with E-state index in [1.165, 1.54) is 13.8 Å². The lowest BCUT2D eigenvalue weighted by molar-refractivity contribution is 0.142. The Morgan fingerprint density at radius 3 is 2.28 bits per heavy atom. The Balaban J connectivity index is 2.63. The van der Waals surface area contributed by atoms with E-state index in [1.807, 2.05) is 0 Å². The van der Waals surface area contributed by atoms with Gasteiger partial charge in [0.05, 0.1) is 0 Å². The summed E-state index contributed by atoms with van der Waals surface area (Å²) in [7, 11) is 0. The lowest BCUT2D eigenvalue weighted by Crippen LogP contribution is -2.05. The van der Waals surface area contributed by atoms with Gasteiger partial charge in [-0.15, -0.1) is 0 Å². The predicted molar refractivity (Wildman–Crippen MR) is 53.0 cm³/mol. The lowest BCUT2D eigenvalue weighted by Gasteiger charge is -2.05. The van der Waals surface area contributed by atoms with Crippen LogP contribution in [0.5, 0.6) is 0 Å². The molecule has 8 heteroatoms. The lowest BCUT2D eigenvalue weighted by atomic mass is 10.3. The van der Waals surface area contributed by atoms with E-state index in [9.17, 15) is 17.6 Å². The highest BCUT2D eigenvalue weighted by molar-refractivity contribution is 5.40. The van der Waals surface area contributed by atoms with Crippen LogP contribution in [0.1, 0.15) is 35.7 Å². The summed E-state index contributed by atoms with van der Waals surface area (Å²) >= 11 is 0. The number of hydrogen-bond donors (Lipinski definition) is 0. The zero-order chi connectivity index (χ0) is 13.4.